The number of sulfone groups is 1. The van der Waals surface area contributed by atoms with Crippen LogP contribution in [0.4, 0.5) is 0 Å². The first-order chi connectivity index (χ1) is 19.4. The van der Waals surface area contributed by atoms with Crippen molar-refractivity contribution in [3.63, 3.8) is 0 Å². The maximum Gasteiger partial charge on any atom is 0.225 e. The molecular weight excluding hydrogens is 520 g/mol. The minimum Gasteiger partial charge on any atom is -0.341 e. The fourth-order valence-corrected chi connectivity index (χ4v) is 9.85. The Balaban J connectivity index is 1.09. The molecule has 0 radical (unpaired) electrons. The van der Waals surface area contributed by atoms with E-state index in [9.17, 15) is 13.2 Å². The molecule has 212 valence electrons. The third-order valence-corrected chi connectivity index (χ3v) is 12.0. The molecule has 1 amide bonds. The van der Waals surface area contributed by atoms with E-state index in [1.54, 1.807) is 0 Å². The molecule has 0 N–H and O–H groups in total. The summed E-state index contributed by atoms with van der Waals surface area (Å²) in [6.07, 6.45) is 5.74. The van der Waals surface area contributed by atoms with E-state index in [4.69, 9.17) is 4.98 Å². The number of benzene rings is 2. The van der Waals surface area contributed by atoms with Gasteiger partial charge in [0, 0.05) is 49.6 Å². The first-order valence-corrected chi connectivity index (χ1v) is 16.9. The Kier molecular flexibility index (Phi) is 6.74. The molecule has 0 aliphatic carbocycles. The molecule has 4 fully saturated rings. The number of carbonyl (C=O) groups is 1. The summed E-state index contributed by atoms with van der Waals surface area (Å²) in [5, 5.41) is 0. The lowest BCUT2D eigenvalue weighted by Gasteiger charge is -2.41. The molecule has 5 atom stereocenters. The third-order valence-electron chi connectivity index (χ3n) is 10.3. The van der Waals surface area contributed by atoms with Crippen LogP contribution in [-0.4, -0.2) is 76.9 Å². The van der Waals surface area contributed by atoms with Gasteiger partial charge in [-0.05, 0) is 69.1 Å². The van der Waals surface area contributed by atoms with Crippen LogP contribution in [0.15, 0.2) is 54.6 Å². The fourth-order valence-electron chi connectivity index (χ4n) is 8.36. The predicted molar refractivity (Wildman–Crippen MR) is 157 cm³/mol. The zero-order valence-electron chi connectivity index (χ0n) is 23.4. The van der Waals surface area contributed by atoms with Crippen molar-refractivity contribution in [3.8, 4) is 0 Å². The lowest BCUT2D eigenvalue weighted by Crippen LogP contribution is -2.46. The molecule has 5 heterocycles. The van der Waals surface area contributed by atoms with Crippen molar-refractivity contribution in [1.29, 1.82) is 0 Å². The maximum absolute atomic E-state index is 13.6. The number of rotatable bonds is 5. The van der Waals surface area contributed by atoms with Crippen molar-refractivity contribution in [2.45, 2.75) is 69.5 Å². The van der Waals surface area contributed by atoms with Crippen molar-refractivity contribution >= 4 is 26.8 Å². The standard InChI is InChI=1S/C32H40N4O3S/c1-22-33-30-9-5-6-10-31(30)36(22)28-17-26-11-12-27(18-28)35(26)20-25-19-34(21-29(25)23-7-3-2-4-8-23)32(37)24-13-15-40(38,39)16-14-24/h2-10,24-29H,11-21H2,1H3/t25-,26-,27+,28?,29-/m1/s1. The van der Waals surface area contributed by atoms with Crippen LogP contribution in [0.25, 0.3) is 11.0 Å². The van der Waals surface area contributed by atoms with Gasteiger partial charge in [0.25, 0.3) is 0 Å². The van der Waals surface area contributed by atoms with Crippen molar-refractivity contribution in [2.75, 3.05) is 31.1 Å². The average molecular weight is 561 g/mol. The van der Waals surface area contributed by atoms with Gasteiger partial charge in [0.1, 0.15) is 15.7 Å². The van der Waals surface area contributed by atoms with Gasteiger partial charge in [-0.2, -0.15) is 0 Å². The number of carbonyl (C=O) groups excluding carboxylic acids is 1. The van der Waals surface area contributed by atoms with Gasteiger partial charge >= 0.3 is 0 Å². The first kappa shape index (κ1) is 26.2. The Bertz CT molecular complexity index is 1470. The Morgan fingerprint density at radius 1 is 0.875 bits per heavy atom. The van der Waals surface area contributed by atoms with E-state index in [-0.39, 0.29) is 23.3 Å². The Morgan fingerprint density at radius 3 is 2.27 bits per heavy atom. The highest BCUT2D eigenvalue weighted by Crippen LogP contribution is 2.44. The van der Waals surface area contributed by atoms with E-state index in [1.807, 2.05) is 0 Å². The van der Waals surface area contributed by atoms with Gasteiger partial charge in [0.15, 0.2) is 0 Å². The summed E-state index contributed by atoms with van der Waals surface area (Å²) in [7, 11) is -2.98. The minimum atomic E-state index is -2.98. The molecule has 1 unspecified atom stereocenters. The van der Waals surface area contributed by atoms with E-state index < -0.39 is 9.84 Å². The summed E-state index contributed by atoms with van der Waals surface area (Å²) in [5.74, 6) is 2.12. The number of para-hydroxylation sites is 2. The van der Waals surface area contributed by atoms with Crippen LogP contribution < -0.4 is 0 Å². The molecule has 4 aliphatic rings. The van der Waals surface area contributed by atoms with E-state index >= 15 is 0 Å². The number of piperidine rings is 1. The summed E-state index contributed by atoms with van der Waals surface area (Å²) in [5.41, 5.74) is 3.66. The summed E-state index contributed by atoms with van der Waals surface area (Å²) in [6.45, 7) is 4.67. The lowest BCUT2D eigenvalue weighted by atomic mass is 9.87. The van der Waals surface area contributed by atoms with Crippen molar-refractivity contribution in [2.24, 2.45) is 11.8 Å². The summed E-state index contributed by atoms with van der Waals surface area (Å²) < 4.78 is 26.4. The van der Waals surface area contributed by atoms with Gasteiger partial charge in [0.2, 0.25) is 5.91 Å². The number of nitrogens with zero attached hydrogens (tertiary/aromatic N) is 4. The highest BCUT2D eigenvalue weighted by molar-refractivity contribution is 7.91. The van der Waals surface area contributed by atoms with Crippen LogP contribution in [0.3, 0.4) is 0 Å². The van der Waals surface area contributed by atoms with Gasteiger partial charge in [-0.25, -0.2) is 13.4 Å². The van der Waals surface area contributed by atoms with Crippen LogP contribution in [0.1, 0.15) is 61.9 Å². The molecule has 7 nitrogen and oxygen atoms in total. The second-order valence-electron chi connectivity index (χ2n) is 12.7. The van der Waals surface area contributed by atoms with Gasteiger partial charge in [-0.1, -0.05) is 42.5 Å². The fraction of sp³-hybridized carbons (Fsp3) is 0.562. The van der Waals surface area contributed by atoms with Crippen LogP contribution >= 0.6 is 0 Å². The van der Waals surface area contributed by atoms with Crippen molar-refractivity contribution in [1.82, 2.24) is 19.4 Å². The van der Waals surface area contributed by atoms with Crippen LogP contribution in [0.2, 0.25) is 0 Å². The Hall–Kier alpha value is -2.71. The molecule has 4 saturated heterocycles. The monoisotopic (exact) mass is 560 g/mol. The lowest BCUT2D eigenvalue weighted by molar-refractivity contribution is -0.134. The number of hydrogen-bond acceptors (Lipinski definition) is 5. The normalized spacial score (nSPS) is 30.7. The number of likely N-dealkylation sites (tertiary alicyclic amines) is 1. The van der Waals surface area contributed by atoms with E-state index in [1.165, 1.54) is 23.9 Å². The van der Waals surface area contributed by atoms with Crippen LogP contribution in [0, 0.1) is 18.8 Å². The zero-order valence-corrected chi connectivity index (χ0v) is 24.2. The predicted octanol–water partition coefficient (Wildman–Crippen LogP) is 4.58. The quantitative estimate of drug-likeness (QED) is 0.457. The average Bonchev–Trinajstić information content (AvgIpc) is 3.59. The number of aromatic nitrogens is 2. The van der Waals surface area contributed by atoms with Crippen molar-refractivity contribution in [3.05, 3.63) is 66.0 Å². The van der Waals surface area contributed by atoms with E-state index in [0.717, 1.165) is 43.8 Å². The van der Waals surface area contributed by atoms with Crippen LogP contribution in [-0.2, 0) is 14.6 Å². The highest BCUT2D eigenvalue weighted by atomic mass is 32.2. The van der Waals surface area contributed by atoms with E-state index in [0.29, 0.717) is 42.8 Å². The summed E-state index contributed by atoms with van der Waals surface area (Å²) >= 11 is 0. The largest absolute Gasteiger partial charge is 0.341 e. The molecule has 8 heteroatoms. The summed E-state index contributed by atoms with van der Waals surface area (Å²) in [4.78, 5) is 23.3. The maximum atomic E-state index is 13.6. The molecule has 7 rings (SSSR count). The minimum absolute atomic E-state index is 0.146. The molecule has 2 aromatic carbocycles. The number of fused-ring (bicyclic) bond motifs is 3. The van der Waals surface area contributed by atoms with Crippen molar-refractivity contribution < 1.29 is 13.2 Å². The molecule has 0 saturated carbocycles. The highest BCUT2D eigenvalue weighted by Gasteiger charge is 2.46. The molecule has 0 spiro atoms. The second-order valence-corrected chi connectivity index (χ2v) is 15.0. The number of aryl methyl sites for hydroxylation is 1. The topological polar surface area (TPSA) is 75.5 Å². The molecule has 3 aromatic rings. The zero-order chi connectivity index (χ0) is 27.4. The van der Waals surface area contributed by atoms with Gasteiger partial charge in [-0.3, -0.25) is 9.69 Å². The second kappa shape index (κ2) is 10.3. The summed E-state index contributed by atoms with van der Waals surface area (Å²) in [6, 6.07) is 20.8. The van der Waals surface area contributed by atoms with E-state index in [2.05, 4.69) is 75.9 Å². The van der Waals surface area contributed by atoms with Crippen LogP contribution in [0.5, 0.6) is 0 Å². The third kappa shape index (κ3) is 4.77. The first-order valence-electron chi connectivity index (χ1n) is 15.1. The molecule has 2 bridgehead atoms. The smallest absolute Gasteiger partial charge is 0.225 e. The van der Waals surface area contributed by atoms with Gasteiger partial charge in [0.05, 0.1) is 22.5 Å². The Morgan fingerprint density at radius 2 is 1.55 bits per heavy atom. The SMILES string of the molecule is Cc1nc2ccccc2n1C1C[C@H]2CC[C@@H](C1)N2C[C@H]1CN(C(=O)C2CCS(=O)(=O)CC2)C[C@@H]1c1ccccc1. The molecular formula is C32H40N4O3S. The molecule has 1 aromatic heterocycles. The number of hydrogen-bond donors (Lipinski definition) is 0. The Labute approximate surface area is 237 Å². The molecule has 40 heavy (non-hydrogen) atoms. The van der Waals surface area contributed by atoms with Gasteiger partial charge < -0.3 is 9.47 Å². The number of imidazole rings is 1. The van der Waals surface area contributed by atoms with Gasteiger partial charge in [-0.15, -0.1) is 0 Å². The molecule has 4 aliphatic heterocycles. The number of amides is 1.